The van der Waals surface area contributed by atoms with E-state index >= 15 is 0 Å². The summed E-state index contributed by atoms with van der Waals surface area (Å²) in [4.78, 5) is 18.5. The number of para-hydroxylation sites is 1. The van der Waals surface area contributed by atoms with Crippen LogP contribution in [0.1, 0.15) is 56.9 Å². The lowest BCUT2D eigenvalue weighted by atomic mass is 9.68. The number of carbonyl (C=O) groups excluding carboxylic acids is 1. The lowest BCUT2D eigenvalue weighted by molar-refractivity contribution is -0.136. The Balaban J connectivity index is 1.14. The summed E-state index contributed by atoms with van der Waals surface area (Å²) in [6.45, 7) is 3.44. The monoisotopic (exact) mass is 431 g/mol. The minimum atomic E-state index is 0.382. The average Bonchev–Trinajstić information content (AvgIpc) is 3.14. The number of nitrogens with zero attached hydrogens (tertiary/aromatic N) is 3. The smallest absolute Gasteiger partial charge is 0.223 e. The minimum Gasteiger partial charge on any atom is -0.350 e. The summed E-state index contributed by atoms with van der Waals surface area (Å²) in [5.74, 6) is 1.78. The van der Waals surface area contributed by atoms with E-state index in [2.05, 4.69) is 58.0 Å². The molecule has 0 spiro atoms. The van der Waals surface area contributed by atoms with Crippen LogP contribution in [0.2, 0.25) is 0 Å². The van der Waals surface area contributed by atoms with Gasteiger partial charge in [-0.05, 0) is 75.0 Å². The van der Waals surface area contributed by atoms with Gasteiger partial charge in [-0.1, -0.05) is 36.3 Å². The summed E-state index contributed by atoms with van der Waals surface area (Å²) in [5, 5.41) is 1.34. The van der Waals surface area contributed by atoms with Crippen LogP contribution in [0.15, 0.2) is 42.1 Å². The number of hydrogen-bond acceptors (Lipinski definition) is 2. The maximum atomic E-state index is 13.4. The third kappa shape index (κ3) is 3.51. The highest BCUT2D eigenvalue weighted by molar-refractivity contribution is 5.84. The maximum absolute atomic E-state index is 13.4. The second kappa shape index (κ2) is 8.37. The zero-order chi connectivity index (χ0) is 21.7. The lowest BCUT2D eigenvalue weighted by Crippen LogP contribution is -2.60. The lowest BCUT2D eigenvalue weighted by Gasteiger charge is -2.54. The zero-order valence-corrected chi connectivity index (χ0v) is 19.5. The molecule has 3 aliphatic heterocycles. The number of aromatic nitrogens is 1. The van der Waals surface area contributed by atoms with Crippen LogP contribution in [0.5, 0.6) is 0 Å². The first kappa shape index (κ1) is 20.5. The molecule has 4 atom stereocenters. The van der Waals surface area contributed by atoms with E-state index in [0.29, 0.717) is 24.3 Å². The predicted octanol–water partition coefficient (Wildman–Crippen LogP) is 4.92. The fourth-order valence-corrected chi connectivity index (χ4v) is 7.45. The number of amides is 1. The van der Waals surface area contributed by atoms with Crippen molar-refractivity contribution in [3.8, 4) is 0 Å². The van der Waals surface area contributed by atoms with Crippen molar-refractivity contribution in [2.75, 3.05) is 19.6 Å². The normalized spacial score (nSPS) is 30.0. The van der Waals surface area contributed by atoms with Gasteiger partial charge in [0.25, 0.3) is 0 Å². The van der Waals surface area contributed by atoms with Crippen molar-refractivity contribution in [3.63, 3.8) is 0 Å². The van der Waals surface area contributed by atoms with Gasteiger partial charge in [0.1, 0.15) is 0 Å². The third-order valence-electron chi connectivity index (χ3n) is 8.79. The van der Waals surface area contributed by atoms with Gasteiger partial charge < -0.3 is 9.47 Å². The Morgan fingerprint density at radius 2 is 2.03 bits per heavy atom. The number of aryl methyl sites for hydroxylation is 2. The molecule has 0 radical (unpaired) electrons. The van der Waals surface area contributed by atoms with Gasteiger partial charge in [0.15, 0.2) is 0 Å². The van der Waals surface area contributed by atoms with Crippen molar-refractivity contribution in [3.05, 3.63) is 47.7 Å². The molecule has 2 bridgehead atoms. The van der Waals surface area contributed by atoms with Crippen LogP contribution < -0.4 is 0 Å². The zero-order valence-electron chi connectivity index (χ0n) is 19.5. The molecule has 6 rings (SSSR count). The summed E-state index contributed by atoms with van der Waals surface area (Å²) in [5.41, 5.74) is 4.26. The summed E-state index contributed by atoms with van der Waals surface area (Å²) in [6, 6.07) is 9.77. The van der Waals surface area contributed by atoms with Gasteiger partial charge in [0, 0.05) is 49.7 Å². The molecule has 1 aromatic carbocycles. The molecular formula is C28H37N3O. The number of fused-ring (bicyclic) bond motifs is 7. The van der Waals surface area contributed by atoms with Crippen LogP contribution in [0.3, 0.4) is 0 Å². The van der Waals surface area contributed by atoms with Crippen LogP contribution >= 0.6 is 0 Å². The Morgan fingerprint density at radius 1 is 1.12 bits per heavy atom. The van der Waals surface area contributed by atoms with Crippen molar-refractivity contribution < 1.29 is 4.79 Å². The number of hydrogen-bond donors (Lipinski definition) is 0. The van der Waals surface area contributed by atoms with Crippen LogP contribution in [0.25, 0.3) is 10.9 Å². The molecule has 32 heavy (non-hydrogen) atoms. The predicted molar refractivity (Wildman–Crippen MR) is 129 cm³/mol. The largest absolute Gasteiger partial charge is 0.350 e. The van der Waals surface area contributed by atoms with Gasteiger partial charge in [-0.3, -0.25) is 9.69 Å². The highest BCUT2D eigenvalue weighted by Gasteiger charge is 2.46. The van der Waals surface area contributed by atoms with Crippen molar-refractivity contribution in [2.24, 2.45) is 18.9 Å². The molecule has 2 aromatic rings. The van der Waals surface area contributed by atoms with Gasteiger partial charge in [0.05, 0.1) is 6.04 Å². The van der Waals surface area contributed by atoms with E-state index in [1.165, 1.54) is 61.7 Å². The molecule has 0 N–H and O–H groups in total. The second-order valence-electron chi connectivity index (χ2n) is 10.7. The molecule has 4 nitrogen and oxygen atoms in total. The molecule has 0 unspecified atom stereocenters. The van der Waals surface area contributed by atoms with E-state index < -0.39 is 0 Å². The Hall–Kier alpha value is -2.07. The highest BCUT2D eigenvalue weighted by atomic mass is 16.2. The number of piperidine rings is 3. The number of rotatable bonds is 4. The third-order valence-corrected chi connectivity index (χ3v) is 8.79. The maximum Gasteiger partial charge on any atom is 0.223 e. The number of likely N-dealkylation sites (tertiary alicyclic amines) is 1. The Labute approximate surface area is 192 Å². The molecule has 1 aromatic heterocycles. The summed E-state index contributed by atoms with van der Waals surface area (Å²) in [6.07, 6.45) is 15.3. The molecule has 1 aliphatic carbocycles. The van der Waals surface area contributed by atoms with Gasteiger partial charge in [-0.15, -0.1) is 0 Å². The standard InChI is InChI=1S/C28H37N3O/c1-29-18-21(24-10-2-3-12-26(24)29)8-6-13-27(32)31-15-7-9-20-16-22-17-23(28(20)31)19-30-14-5-4-11-25(22)30/h2-3,10,12,16,18,22-23,25,28H,4-9,11,13-15,17,19H2,1H3/t22-,23-,25+,28-/m0/s1. The first-order valence-corrected chi connectivity index (χ1v) is 13.0. The van der Waals surface area contributed by atoms with Crippen LogP contribution in [-0.4, -0.2) is 52.0 Å². The van der Waals surface area contributed by atoms with Crippen LogP contribution in [0, 0.1) is 11.8 Å². The quantitative estimate of drug-likeness (QED) is 0.643. The van der Waals surface area contributed by atoms with Crippen LogP contribution in [-0.2, 0) is 18.3 Å². The van der Waals surface area contributed by atoms with E-state index in [1.807, 2.05) is 0 Å². The van der Waals surface area contributed by atoms with E-state index in [9.17, 15) is 4.79 Å². The molecular weight excluding hydrogens is 394 g/mol. The molecule has 4 aliphatic rings. The first-order valence-electron chi connectivity index (χ1n) is 13.0. The van der Waals surface area contributed by atoms with Crippen LogP contribution in [0.4, 0.5) is 0 Å². The van der Waals surface area contributed by atoms with E-state index in [4.69, 9.17) is 0 Å². The molecule has 170 valence electrons. The van der Waals surface area contributed by atoms with E-state index in [0.717, 1.165) is 37.8 Å². The van der Waals surface area contributed by atoms with Crippen molar-refractivity contribution in [1.82, 2.24) is 14.4 Å². The average molecular weight is 432 g/mol. The van der Waals surface area contributed by atoms with Crippen molar-refractivity contribution in [1.29, 1.82) is 0 Å². The van der Waals surface area contributed by atoms with Gasteiger partial charge in [-0.2, -0.15) is 0 Å². The molecule has 3 saturated heterocycles. The molecule has 4 heterocycles. The summed E-state index contributed by atoms with van der Waals surface area (Å²) >= 11 is 0. The molecule has 3 fully saturated rings. The fraction of sp³-hybridized carbons (Fsp3) is 0.607. The fourth-order valence-electron chi connectivity index (χ4n) is 7.45. The van der Waals surface area contributed by atoms with Gasteiger partial charge in [0.2, 0.25) is 5.91 Å². The highest BCUT2D eigenvalue weighted by Crippen LogP contribution is 2.45. The Bertz CT molecular complexity index is 1040. The van der Waals surface area contributed by atoms with Crippen molar-refractivity contribution in [2.45, 2.75) is 69.9 Å². The summed E-state index contributed by atoms with van der Waals surface area (Å²) < 4.78 is 2.21. The molecule has 0 saturated carbocycles. The number of benzene rings is 1. The minimum absolute atomic E-state index is 0.382. The van der Waals surface area contributed by atoms with E-state index in [1.54, 1.807) is 5.57 Å². The Kier molecular flexibility index (Phi) is 5.37. The Morgan fingerprint density at radius 3 is 2.97 bits per heavy atom. The summed E-state index contributed by atoms with van der Waals surface area (Å²) in [7, 11) is 2.12. The SMILES string of the molecule is Cn1cc(CCCC(=O)N2CCCC3=C[C@H]4C[C@@H](CN5CCCC[C@H]45)[C@H]32)c2ccccc21. The molecule has 4 heteroatoms. The first-order chi connectivity index (χ1) is 15.7. The van der Waals surface area contributed by atoms with Gasteiger partial charge >= 0.3 is 0 Å². The van der Waals surface area contributed by atoms with Gasteiger partial charge in [-0.25, -0.2) is 0 Å². The van der Waals surface area contributed by atoms with Crippen molar-refractivity contribution >= 4 is 16.8 Å². The molecule has 1 amide bonds. The number of carbonyl (C=O) groups is 1. The second-order valence-corrected chi connectivity index (χ2v) is 10.7. The topological polar surface area (TPSA) is 28.5 Å². The van der Waals surface area contributed by atoms with E-state index in [-0.39, 0.29) is 0 Å².